The van der Waals surface area contributed by atoms with Crippen LogP contribution in [-0.4, -0.2) is 18.5 Å². The van der Waals surface area contributed by atoms with E-state index >= 15 is 0 Å². The largest absolute Gasteiger partial charge is 0.348 e. The number of fused-ring (bicyclic) bond motifs is 1. The highest BCUT2D eigenvalue weighted by Gasteiger charge is 2.23. The topological polar surface area (TPSA) is 41.1 Å². The van der Waals surface area contributed by atoms with Crippen LogP contribution >= 0.6 is 12.4 Å². The summed E-state index contributed by atoms with van der Waals surface area (Å²) in [5.41, 5.74) is 1.18. The third-order valence-corrected chi connectivity index (χ3v) is 4.03. The van der Waals surface area contributed by atoms with E-state index < -0.39 is 0 Å². The minimum absolute atomic E-state index is 0. The first kappa shape index (κ1) is 15.8. The maximum Gasteiger partial charge on any atom is 0.237 e. The summed E-state index contributed by atoms with van der Waals surface area (Å²) in [7, 11) is 0. The molecule has 2 atom stereocenters. The Labute approximate surface area is 131 Å². The maximum absolute atomic E-state index is 12.2. The molecule has 0 spiro atoms. The van der Waals surface area contributed by atoms with Gasteiger partial charge in [-0.3, -0.25) is 4.79 Å². The molecule has 3 rings (SSSR count). The van der Waals surface area contributed by atoms with Crippen molar-refractivity contribution in [3.8, 4) is 0 Å². The fourth-order valence-corrected chi connectivity index (χ4v) is 2.93. The molecule has 2 aromatic carbocycles. The molecule has 2 N–H and O–H groups in total. The lowest BCUT2D eigenvalue weighted by atomic mass is 9.99. The number of amides is 1. The van der Waals surface area contributed by atoms with Crippen LogP contribution < -0.4 is 10.6 Å². The van der Waals surface area contributed by atoms with Crippen LogP contribution in [0, 0.1) is 0 Å². The number of carbonyl (C=O) groups is 1. The van der Waals surface area contributed by atoms with E-state index in [9.17, 15) is 4.79 Å². The van der Waals surface area contributed by atoms with E-state index in [2.05, 4.69) is 41.8 Å². The second-order valence-corrected chi connectivity index (χ2v) is 5.45. The first-order chi connectivity index (χ1) is 9.75. The molecule has 112 valence electrons. The van der Waals surface area contributed by atoms with Crippen molar-refractivity contribution in [1.82, 2.24) is 10.6 Å². The van der Waals surface area contributed by atoms with E-state index in [0.717, 1.165) is 19.4 Å². The van der Waals surface area contributed by atoms with Crippen LogP contribution in [0.15, 0.2) is 42.5 Å². The first-order valence-corrected chi connectivity index (χ1v) is 7.27. The molecule has 0 aromatic heterocycles. The van der Waals surface area contributed by atoms with Gasteiger partial charge in [-0.2, -0.15) is 0 Å². The summed E-state index contributed by atoms with van der Waals surface area (Å²) < 4.78 is 0. The fraction of sp³-hybridized carbons (Fsp3) is 0.353. The number of halogens is 1. The molecular formula is C17H21ClN2O. The van der Waals surface area contributed by atoms with Crippen LogP contribution in [0.25, 0.3) is 10.8 Å². The zero-order valence-corrected chi connectivity index (χ0v) is 13.0. The number of nitrogens with one attached hydrogen (secondary N) is 2. The van der Waals surface area contributed by atoms with E-state index in [1.54, 1.807) is 0 Å². The van der Waals surface area contributed by atoms with Gasteiger partial charge in [0.1, 0.15) is 0 Å². The van der Waals surface area contributed by atoms with E-state index in [0.29, 0.717) is 0 Å². The highest BCUT2D eigenvalue weighted by molar-refractivity contribution is 5.87. The van der Waals surface area contributed by atoms with Crippen LogP contribution in [-0.2, 0) is 4.79 Å². The van der Waals surface area contributed by atoms with Crippen LogP contribution in [0.2, 0.25) is 0 Å². The van der Waals surface area contributed by atoms with Crippen LogP contribution in [0.3, 0.4) is 0 Å². The molecule has 0 radical (unpaired) electrons. The van der Waals surface area contributed by atoms with Gasteiger partial charge < -0.3 is 10.6 Å². The second kappa shape index (κ2) is 6.92. The van der Waals surface area contributed by atoms with E-state index in [4.69, 9.17) is 0 Å². The van der Waals surface area contributed by atoms with Gasteiger partial charge in [0.15, 0.2) is 0 Å². The van der Waals surface area contributed by atoms with Gasteiger partial charge in [-0.1, -0.05) is 42.5 Å². The summed E-state index contributed by atoms with van der Waals surface area (Å²) in [6.45, 7) is 3.00. The minimum atomic E-state index is -0.0209. The fourth-order valence-electron chi connectivity index (χ4n) is 2.93. The normalized spacial score (nSPS) is 19.0. The third kappa shape index (κ3) is 3.36. The summed E-state index contributed by atoms with van der Waals surface area (Å²) in [6.07, 6.45) is 2.02. The van der Waals surface area contributed by atoms with E-state index in [-0.39, 0.29) is 30.4 Å². The molecule has 1 fully saturated rings. The summed E-state index contributed by atoms with van der Waals surface area (Å²) in [5, 5.41) is 8.79. The predicted molar refractivity (Wildman–Crippen MR) is 88.8 cm³/mol. The Morgan fingerprint density at radius 2 is 2.00 bits per heavy atom. The predicted octanol–water partition coefficient (Wildman–Crippen LogP) is 3.19. The molecule has 2 unspecified atom stereocenters. The number of hydrogen-bond donors (Lipinski definition) is 2. The van der Waals surface area contributed by atoms with Gasteiger partial charge in [-0.05, 0) is 42.6 Å². The average molecular weight is 305 g/mol. The molecule has 1 aliphatic rings. The van der Waals surface area contributed by atoms with E-state index in [1.807, 2.05) is 18.2 Å². The van der Waals surface area contributed by atoms with Crippen LogP contribution in [0.4, 0.5) is 0 Å². The lowest BCUT2D eigenvalue weighted by molar-refractivity contribution is -0.123. The van der Waals surface area contributed by atoms with Crippen molar-refractivity contribution in [2.24, 2.45) is 0 Å². The van der Waals surface area contributed by atoms with Crippen molar-refractivity contribution < 1.29 is 4.79 Å². The number of hydrogen-bond acceptors (Lipinski definition) is 2. The smallest absolute Gasteiger partial charge is 0.237 e. The van der Waals surface area contributed by atoms with Gasteiger partial charge in [0.25, 0.3) is 0 Å². The standard InChI is InChI=1S/C17H20N2O.ClH/c1-12(19-17(20)16-10-5-11-18-16)14-9-4-7-13-6-2-3-8-15(13)14;/h2-4,6-9,12,16,18H,5,10-11H2,1H3,(H,19,20);1H. The average Bonchev–Trinajstić information content (AvgIpc) is 3.01. The Hall–Kier alpha value is -1.58. The van der Waals surface area contributed by atoms with Crippen molar-refractivity contribution in [1.29, 1.82) is 0 Å². The van der Waals surface area contributed by atoms with Gasteiger partial charge in [-0.15, -0.1) is 12.4 Å². The molecule has 0 bridgehead atoms. The molecular weight excluding hydrogens is 284 g/mol. The molecule has 3 nitrogen and oxygen atoms in total. The van der Waals surface area contributed by atoms with Gasteiger partial charge >= 0.3 is 0 Å². The molecule has 1 saturated heterocycles. The third-order valence-electron chi connectivity index (χ3n) is 4.03. The Bertz CT molecular complexity index is 618. The monoisotopic (exact) mass is 304 g/mol. The molecule has 1 amide bonds. The van der Waals surface area contributed by atoms with Crippen molar-refractivity contribution in [2.75, 3.05) is 6.54 Å². The lowest BCUT2D eigenvalue weighted by Crippen LogP contribution is -2.41. The summed E-state index contributed by atoms with van der Waals surface area (Å²) in [4.78, 5) is 12.2. The lowest BCUT2D eigenvalue weighted by Gasteiger charge is -2.19. The first-order valence-electron chi connectivity index (χ1n) is 7.27. The molecule has 0 saturated carbocycles. The summed E-state index contributed by atoms with van der Waals surface area (Å²) in [5.74, 6) is 0.114. The molecule has 1 heterocycles. The Balaban J connectivity index is 0.00000161. The SMILES string of the molecule is CC(NC(=O)C1CCCN1)c1cccc2ccccc12.Cl. The molecule has 0 aliphatic carbocycles. The number of carbonyl (C=O) groups excluding carboxylic acids is 1. The van der Waals surface area contributed by atoms with E-state index in [1.165, 1.54) is 16.3 Å². The van der Waals surface area contributed by atoms with Crippen LogP contribution in [0.5, 0.6) is 0 Å². The van der Waals surface area contributed by atoms with Gasteiger partial charge in [0.05, 0.1) is 12.1 Å². The zero-order valence-electron chi connectivity index (χ0n) is 12.1. The summed E-state index contributed by atoms with van der Waals surface area (Å²) >= 11 is 0. The molecule has 2 aromatic rings. The van der Waals surface area contributed by atoms with Gasteiger partial charge in [0, 0.05) is 0 Å². The number of benzene rings is 2. The second-order valence-electron chi connectivity index (χ2n) is 5.45. The molecule has 4 heteroatoms. The molecule has 21 heavy (non-hydrogen) atoms. The van der Waals surface area contributed by atoms with Gasteiger partial charge in [-0.25, -0.2) is 0 Å². The molecule has 1 aliphatic heterocycles. The number of rotatable bonds is 3. The van der Waals surface area contributed by atoms with Crippen molar-refractivity contribution in [2.45, 2.75) is 31.8 Å². The van der Waals surface area contributed by atoms with Gasteiger partial charge in [0.2, 0.25) is 5.91 Å². The highest BCUT2D eigenvalue weighted by Crippen LogP contribution is 2.24. The Kier molecular flexibility index (Phi) is 5.21. The van der Waals surface area contributed by atoms with Crippen molar-refractivity contribution in [3.05, 3.63) is 48.0 Å². The van der Waals surface area contributed by atoms with Crippen molar-refractivity contribution in [3.63, 3.8) is 0 Å². The minimum Gasteiger partial charge on any atom is -0.348 e. The zero-order chi connectivity index (χ0) is 13.9. The Morgan fingerprint density at radius 3 is 2.76 bits per heavy atom. The summed E-state index contributed by atoms with van der Waals surface area (Å²) in [6, 6.07) is 14.5. The Morgan fingerprint density at radius 1 is 1.24 bits per heavy atom. The van der Waals surface area contributed by atoms with Crippen molar-refractivity contribution >= 4 is 29.1 Å². The van der Waals surface area contributed by atoms with Crippen LogP contribution in [0.1, 0.15) is 31.4 Å². The quantitative estimate of drug-likeness (QED) is 0.914. The maximum atomic E-state index is 12.2. The highest BCUT2D eigenvalue weighted by atomic mass is 35.5.